The lowest BCUT2D eigenvalue weighted by Gasteiger charge is -2.10. The zero-order valence-corrected chi connectivity index (χ0v) is 12.1. The fraction of sp³-hybridized carbons (Fsp3) is 0.375. The number of hydrogen-bond acceptors (Lipinski definition) is 3. The van der Waals surface area contributed by atoms with Gasteiger partial charge in [0.15, 0.2) is 0 Å². The molecule has 19 heavy (non-hydrogen) atoms. The highest BCUT2D eigenvalue weighted by atomic mass is 15.1. The van der Waals surface area contributed by atoms with Crippen molar-refractivity contribution in [3.8, 4) is 0 Å². The topological polar surface area (TPSA) is 37.8 Å². The second-order valence-electron chi connectivity index (χ2n) is 5.26. The van der Waals surface area contributed by atoms with Gasteiger partial charge in [-0.2, -0.15) is 0 Å². The van der Waals surface area contributed by atoms with E-state index in [1.807, 2.05) is 13.0 Å². The molecule has 0 amide bonds. The Bertz CT molecular complexity index is 562. The molecular weight excluding hydrogens is 234 g/mol. The predicted molar refractivity (Wildman–Crippen MR) is 79.4 cm³/mol. The van der Waals surface area contributed by atoms with Gasteiger partial charge in [-0.3, -0.25) is 0 Å². The minimum atomic E-state index is 0.418. The number of aryl methyl sites for hydroxylation is 2. The summed E-state index contributed by atoms with van der Waals surface area (Å²) in [6, 6.07) is 10.5. The molecular formula is C16H21N3. The van der Waals surface area contributed by atoms with Gasteiger partial charge in [0.05, 0.1) is 0 Å². The van der Waals surface area contributed by atoms with Crippen LogP contribution in [-0.2, 0) is 6.54 Å². The summed E-state index contributed by atoms with van der Waals surface area (Å²) in [5.74, 6) is 1.13. The molecule has 1 aromatic heterocycles. The molecule has 1 N–H and O–H groups in total. The van der Waals surface area contributed by atoms with E-state index in [-0.39, 0.29) is 0 Å². The first-order valence-corrected chi connectivity index (χ1v) is 6.69. The van der Waals surface area contributed by atoms with E-state index in [2.05, 4.69) is 60.3 Å². The average Bonchev–Trinajstić information content (AvgIpc) is 2.36. The van der Waals surface area contributed by atoms with Crippen molar-refractivity contribution >= 4 is 5.95 Å². The molecule has 0 saturated heterocycles. The molecule has 0 aliphatic rings. The van der Waals surface area contributed by atoms with Crippen LogP contribution in [0.3, 0.4) is 0 Å². The fourth-order valence-corrected chi connectivity index (χ4v) is 1.97. The van der Waals surface area contributed by atoms with Crippen LogP contribution in [0.4, 0.5) is 5.95 Å². The van der Waals surface area contributed by atoms with Gasteiger partial charge in [0, 0.05) is 17.9 Å². The highest BCUT2D eigenvalue weighted by Crippen LogP contribution is 2.15. The molecule has 0 fully saturated rings. The summed E-state index contributed by atoms with van der Waals surface area (Å²) in [5.41, 5.74) is 4.60. The summed E-state index contributed by atoms with van der Waals surface area (Å²) < 4.78 is 0. The van der Waals surface area contributed by atoms with Crippen LogP contribution in [0, 0.1) is 13.8 Å². The number of nitrogens with one attached hydrogen (secondary N) is 1. The lowest BCUT2D eigenvalue weighted by molar-refractivity contribution is 0.808. The lowest BCUT2D eigenvalue weighted by Crippen LogP contribution is -2.07. The van der Waals surface area contributed by atoms with Gasteiger partial charge in [-0.05, 0) is 31.4 Å². The van der Waals surface area contributed by atoms with Crippen molar-refractivity contribution < 1.29 is 0 Å². The minimum absolute atomic E-state index is 0.418. The maximum atomic E-state index is 4.55. The van der Waals surface area contributed by atoms with Crippen molar-refractivity contribution in [2.75, 3.05) is 5.32 Å². The Morgan fingerprint density at radius 1 is 1.11 bits per heavy atom. The van der Waals surface area contributed by atoms with E-state index in [0.717, 1.165) is 17.9 Å². The highest BCUT2D eigenvalue weighted by Gasteiger charge is 2.05. The van der Waals surface area contributed by atoms with E-state index in [1.54, 1.807) is 0 Å². The standard InChI is InChI=1S/C16H21N3/c1-11(2)15-9-13(4)18-16(19-15)17-10-14-7-5-6-12(3)8-14/h5-9,11H,10H2,1-4H3,(H,17,18,19). The first-order chi connectivity index (χ1) is 9.04. The first-order valence-electron chi connectivity index (χ1n) is 6.69. The van der Waals surface area contributed by atoms with Gasteiger partial charge in [-0.25, -0.2) is 9.97 Å². The summed E-state index contributed by atoms with van der Waals surface area (Å²) in [6.07, 6.45) is 0. The van der Waals surface area contributed by atoms with Gasteiger partial charge in [-0.1, -0.05) is 43.7 Å². The van der Waals surface area contributed by atoms with E-state index in [4.69, 9.17) is 0 Å². The van der Waals surface area contributed by atoms with Crippen molar-refractivity contribution in [1.29, 1.82) is 0 Å². The second kappa shape index (κ2) is 5.83. The Balaban J connectivity index is 2.11. The smallest absolute Gasteiger partial charge is 0.223 e. The van der Waals surface area contributed by atoms with E-state index < -0.39 is 0 Å². The van der Waals surface area contributed by atoms with Crippen molar-refractivity contribution in [2.24, 2.45) is 0 Å². The molecule has 1 heterocycles. The van der Waals surface area contributed by atoms with Crippen LogP contribution in [0.5, 0.6) is 0 Å². The van der Waals surface area contributed by atoms with E-state index in [9.17, 15) is 0 Å². The first kappa shape index (κ1) is 13.5. The predicted octanol–water partition coefficient (Wildman–Crippen LogP) is 3.83. The van der Waals surface area contributed by atoms with Crippen molar-refractivity contribution in [3.05, 3.63) is 52.8 Å². The maximum Gasteiger partial charge on any atom is 0.223 e. The molecule has 0 aliphatic carbocycles. The third kappa shape index (κ3) is 3.78. The lowest BCUT2D eigenvalue weighted by atomic mass is 10.1. The molecule has 0 aliphatic heterocycles. The van der Waals surface area contributed by atoms with Gasteiger partial charge in [0.25, 0.3) is 0 Å². The molecule has 0 radical (unpaired) electrons. The molecule has 1 aromatic carbocycles. The van der Waals surface area contributed by atoms with Crippen LogP contribution in [0.1, 0.15) is 42.3 Å². The normalized spacial score (nSPS) is 10.8. The number of nitrogens with zero attached hydrogens (tertiary/aromatic N) is 2. The highest BCUT2D eigenvalue weighted by molar-refractivity contribution is 5.32. The van der Waals surface area contributed by atoms with Crippen LogP contribution in [0.25, 0.3) is 0 Å². The van der Waals surface area contributed by atoms with Crippen LogP contribution in [-0.4, -0.2) is 9.97 Å². The zero-order chi connectivity index (χ0) is 13.8. The summed E-state index contributed by atoms with van der Waals surface area (Å²) in [7, 11) is 0. The minimum Gasteiger partial charge on any atom is -0.350 e. The molecule has 0 unspecified atom stereocenters. The van der Waals surface area contributed by atoms with E-state index in [0.29, 0.717) is 11.9 Å². The number of hydrogen-bond donors (Lipinski definition) is 1. The molecule has 0 bridgehead atoms. The monoisotopic (exact) mass is 255 g/mol. The Labute approximate surface area is 115 Å². The number of anilines is 1. The summed E-state index contributed by atoms with van der Waals surface area (Å²) in [5, 5.41) is 3.30. The van der Waals surface area contributed by atoms with Crippen molar-refractivity contribution in [1.82, 2.24) is 9.97 Å². The summed E-state index contributed by atoms with van der Waals surface area (Å²) >= 11 is 0. The van der Waals surface area contributed by atoms with Gasteiger partial charge in [0.1, 0.15) is 0 Å². The Kier molecular flexibility index (Phi) is 4.15. The molecule has 2 rings (SSSR count). The fourth-order valence-electron chi connectivity index (χ4n) is 1.97. The maximum absolute atomic E-state index is 4.55. The van der Waals surface area contributed by atoms with Crippen LogP contribution >= 0.6 is 0 Å². The molecule has 2 aromatic rings. The van der Waals surface area contributed by atoms with Gasteiger partial charge in [-0.15, -0.1) is 0 Å². The van der Waals surface area contributed by atoms with Crippen LogP contribution < -0.4 is 5.32 Å². The number of aromatic nitrogens is 2. The van der Waals surface area contributed by atoms with Crippen molar-refractivity contribution in [3.63, 3.8) is 0 Å². The SMILES string of the molecule is Cc1cccc(CNc2nc(C)cc(C(C)C)n2)c1. The molecule has 3 nitrogen and oxygen atoms in total. The van der Waals surface area contributed by atoms with Gasteiger partial charge in [0.2, 0.25) is 5.95 Å². The number of rotatable bonds is 4. The molecule has 0 atom stereocenters. The van der Waals surface area contributed by atoms with Gasteiger partial charge < -0.3 is 5.32 Å². The van der Waals surface area contributed by atoms with Crippen LogP contribution in [0.15, 0.2) is 30.3 Å². The quantitative estimate of drug-likeness (QED) is 0.902. The largest absolute Gasteiger partial charge is 0.350 e. The Hall–Kier alpha value is -1.90. The molecule has 100 valence electrons. The van der Waals surface area contributed by atoms with E-state index >= 15 is 0 Å². The second-order valence-corrected chi connectivity index (χ2v) is 5.26. The summed E-state index contributed by atoms with van der Waals surface area (Å²) in [6.45, 7) is 9.15. The molecule has 0 spiro atoms. The van der Waals surface area contributed by atoms with Crippen molar-refractivity contribution in [2.45, 2.75) is 40.2 Å². The Morgan fingerprint density at radius 2 is 1.89 bits per heavy atom. The number of benzene rings is 1. The third-order valence-corrected chi connectivity index (χ3v) is 3.00. The van der Waals surface area contributed by atoms with Crippen LogP contribution in [0.2, 0.25) is 0 Å². The molecule has 0 saturated carbocycles. The third-order valence-electron chi connectivity index (χ3n) is 3.00. The summed E-state index contributed by atoms with van der Waals surface area (Å²) in [4.78, 5) is 8.98. The molecule has 3 heteroatoms. The van der Waals surface area contributed by atoms with E-state index in [1.165, 1.54) is 11.1 Å². The average molecular weight is 255 g/mol. The zero-order valence-electron chi connectivity index (χ0n) is 12.1. The van der Waals surface area contributed by atoms with Gasteiger partial charge >= 0.3 is 0 Å². The Morgan fingerprint density at radius 3 is 2.58 bits per heavy atom.